The summed E-state index contributed by atoms with van der Waals surface area (Å²) in [6.45, 7) is 0. The molecule has 0 aliphatic heterocycles. The van der Waals surface area contributed by atoms with Gasteiger partial charge in [-0.2, -0.15) is 5.10 Å². The smallest absolute Gasteiger partial charge is 0.270 e. The molecule has 0 aliphatic carbocycles. The summed E-state index contributed by atoms with van der Waals surface area (Å²) in [5.41, 5.74) is 2.24. The number of nitrogens with one attached hydrogen (secondary N) is 1. The van der Waals surface area contributed by atoms with E-state index < -0.39 is 15.5 Å². The molecule has 8 nitrogen and oxygen atoms in total. The van der Waals surface area contributed by atoms with Crippen LogP contribution in [0.15, 0.2) is 53.6 Å². The zero-order valence-corrected chi connectivity index (χ0v) is 11.7. The first kappa shape index (κ1) is 15.4. The van der Waals surface area contributed by atoms with E-state index in [1.54, 1.807) is 24.3 Å². The number of hydrogen-bond acceptors (Lipinski definition) is 6. The van der Waals surface area contributed by atoms with Crippen LogP contribution in [-0.2, 0) is 0 Å². The van der Waals surface area contributed by atoms with Crippen molar-refractivity contribution in [1.82, 2.24) is 0 Å². The number of nitro benzene ring substituents is 2. The van der Waals surface area contributed by atoms with Crippen LogP contribution in [0.1, 0.15) is 5.56 Å². The lowest BCUT2D eigenvalue weighted by molar-refractivity contribution is -0.393. The maximum absolute atomic E-state index is 11.0. The molecule has 0 amide bonds. The minimum Gasteiger partial charge on any atom is -0.270 e. The molecule has 0 atom stereocenters. The number of nitro groups is 2. The standard InChI is InChI=1S/C13H9ClN4O4/c14-13(9-4-2-1-3-5-9)16-15-11-7-6-10(17(19)20)8-12(11)18(21)22/h1-8,15H/b16-13+. The van der Waals surface area contributed by atoms with Gasteiger partial charge >= 0.3 is 5.69 Å². The van der Waals surface area contributed by atoms with Crippen molar-refractivity contribution in [3.63, 3.8) is 0 Å². The Balaban J connectivity index is 2.30. The van der Waals surface area contributed by atoms with Gasteiger partial charge in [-0.05, 0) is 6.07 Å². The van der Waals surface area contributed by atoms with Crippen LogP contribution in [-0.4, -0.2) is 15.0 Å². The third-order valence-corrected chi connectivity index (χ3v) is 2.98. The molecular weight excluding hydrogens is 312 g/mol. The SMILES string of the molecule is O=[N+]([O-])c1ccc(N/N=C(/Cl)c2ccccc2)c([N+](=O)[O-])c1. The monoisotopic (exact) mass is 320 g/mol. The van der Waals surface area contributed by atoms with Gasteiger partial charge < -0.3 is 0 Å². The number of hydrogen-bond donors (Lipinski definition) is 1. The number of benzene rings is 2. The van der Waals surface area contributed by atoms with Gasteiger partial charge in [0.05, 0.1) is 15.9 Å². The molecule has 0 bridgehead atoms. The van der Waals surface area contributed by atoms with Crippen LogP contribution in [0.5, 0.6) is 0 Å². The Kier molecular flexibility index (Phi) is 4.64. The van der Waals surface area contributed by atoms with Crippen LogP contribution in [0.25, 0.3) is 0 Å². The molecule has 0 aromatic heterocycles. The van der Waals surface area contributed by atoms with E-state index in [0.29, 0.717) is 5.56 Å². The topological polar surface area (TPSA) is 111 Å². The largest absolute Gasteiger partial charge is 0.301 e. The lowest BCUT2D eigenvalue weighted by atomic mass is 10.2. The molecule has 2 aromatic carbocycles. The quantitative estimate of drug-likeness (QED) is 0.514. The van der Waals surface area contributed by atoms with E-state index in [1.807, 2.05) is 6.07 Å². The summed E-state index contributed by atoms with van der Waals surface area (Å²) in [6.07, 6.45) is 0. The van der Waals surface area contributed by atoms with E-state index in [2.05, 4.69) is 10.5 Å². The summed E-state index contributed by atoms with van der Waals surface area (Å²) in [5, 5.41) is 25.6. The molecule has 0 aliphatic rings. The molecule has 9 heteroatoms. The van der Waals surface area contributed by atoms with Crippen molar-refractivity contribution >= 4 is 33.8 Å². The zero-order valence-electron chi connectivity index (χ0n) is 11.0. The van der Waals surface area contributed by atoms with Crippen molar-refractivity contribution in [1.29, 1.82) is 0 Å². The van der Waals surface area contributed by atoms with E-state index in [-0.39, 0.29) is 16.5 Å². The highest BCUT2D eigenvalue weighted by Gasteiger charge is 2.19. The highest BCUT2D eigenvalue weighted by Crippen LogP contribution is 2.29. The maximum Gasteiger partial charge on any atom is 0.301 e. The van der Waals surface area contributed by atoms with Gasteiger partial charge in [-0.25, -0.2) is 0 Å². The van der Waals surface area contributed by atoms with Gasteiger partial charge in [0.2, 0.25) is 0 Å². The molecule has 0 unspecified atom stereocenters. The van der Waals surface area contributed by atoms with Gasteiger partial charge in [-0.15, -0.1) is 0 Å². The van der Waals surface area contributed by atoms with Crippen molar-refractivity contribution < 1.29 is 9.85 Å². The van der Waals surface area contributed by atoms with Crippen molar-refractivity contribution in [2.75, 3.05) is 5.43 Å². The first-order chi connectivity index (χ1) is 10.5. The molecule has 0 saturated carbocycles. The fourth-order valence-corrected chi connectivity index (χ4v) is 1.80. The number of non-ortho nitro benzene ring substituents is 1. The van der Waals surface area contributed by atoms with Gasteiger partial charge in [-0.3, -0.25) is 25.7 Å². The normalized spacial score (nSPS) is 11.0. The van der Waals surface area contributed by atoms with E-state index >= 15 is 0 Å². The molecule has 22 heavy (non-hydrogen) atoms. The van der Waals surface area contributed by atoms with Gasteiger partial charge in [0.25, 0.3) is 5.69 Å². The maximum atomic E-state index is 11.0. The van der Waals surface area contributed by atoms with Crippen LogP contribution in [0.3, 0.4) is 0 Å². The minimum atomic E-state index is -0.735. The lowest BCUT2D eigenvalue weighted by Crippen LogP contribution is -2.01. The van der Waals surface area contributed by atoms with E-state index in [4.69, 9.17) is 11.6 Å². The molecule has 0 fully saturated rings. The fourth-order valence-electron chi connectivity index (χ4n) is 1.63. The summed E-state index contributed by atoms with van der Waals surface area (Å²) in [5.74, 6) is 0. The average molecular weight is 321 g/mol. The summed E-state index contributed by atoms with van der Waals surface area (Å²) < 4.78 is 0. The molecule has 1 N–H and O–H groups in total. The Hall–Kier alpha value is -3.00. The number of hydrazone groups is 1. The highest BCUT2D eigenvalue weighted by molar-refractivity contribution is 6.69. The molecule has 0 heterocycles. The first-order valence-electron chi connectivity index (χ1n) is 5.96. The number of halogens is 1. The van der Waals surface area contributed by atoms with Crippen molar-refractivity contribution in [3.05, 3.63) is 74.3 Å². The van der Waals surface area contributed by atoms with Crippen molar-refractivity contribution in [3.8, 4) is 0 Å². The molecule has 0 spiro atoms. The van der Waals surface area contributed by atoms with Crippen LogP contribution in [0, 0.1) is 20.2 Å². The van der Waals surface area contributed by atoms with E-state index in [0.717, 1.165) is 12.1 Å². The predicted octanol–water partition coefficient (Wildman–Crippen LogP) is 3.52. The fraction of sp³-hybridized carbons (Fsp3) is 0. The second-order valence-corrected chi connectivity index (χ2v) is 4.45. The van der Waals surface area contributed by atoms with Crippen molar-refractivity contribution in [2.24, 2.45) is 5.10 Å². The number of nitrogens with zero attached hydrogens (tertiary/aromatic N) is 3. The molecule has 112 valence electrons. The summed E-state index contributed by atoms with van der Waals surface area (Å²) in [7, 11) is 0. The Bertz CT molecular complexity index is 749. The Labute approximate surface area is 129 Å². The summed E-state index contributed by atoms with van der Waals surface area (Å²) in [4.78, 5) is 20.2. The van der Waals surface area contributed by atoms with Gasteiger partial charge in [0, 0.05) is 11.6 Å². The minimum absolute atomic E-state index is 0.00433. The third kappa shape index (κ3) is 3.55. The summed E-state index contributed by atoms with van der Waals surface area (Å²) >= 11 is 5.98. The average Bonchev–Trinajstić information content (AvgIpc) is 2.53. The molecule has 2 rings (SSSR count). The lowest BCUT2D eigenvalue weighted by Gasteiger charge is -2.03. The Morgan fingerprint density at radius 3 is 2.32 bits per heavy atom. The first-order valence-corrected chi connectivity index (χ1v) is 6.34. The number of rotatable bonds is 5. The zero-order chi connectivity index (χ0) is 16.1. The second kappa shape index (κ2) is 6.64. The summed E-state index contributed by atoms with van der Waals surface area (Å²) in [6, 6.07) is 12.0. The molecule has 2 aromatic rings. The Morgan fingerprint density at radius 2 is 1.73 bits per heavy atom. The van der Waals surface area contributed by atoms with Crippen molar-refractivity contribution in [2.45, 2.75) is 0 Å². The highest BCUT2D eigenvalue weighted by atomic mass is 35.5. The predicted molar refractivity (Wildman–Crippen MR) is 82.2 cm³/mol. The Morgan fingerprint density at radius 1 is 1.05 bits per heavy atom. The van der Waals surface area contributed by atoms with Crippen LogP contribution in [0.4, 0.5) is 17.1 Å². The van der Waals surface area contributed by atoms with Gasteiger partial charge in [0.15, 0.2) is 5.17 Å². The van der Waals surface area contributed by atoms with Gasteiger partial charge in [-0.1, -0.05) is 41.9 Å². The molecular formula is C13H9ClN4O4. The van der Waals surface area contributed by atoms with Crippen LogP contribution in [0.2, 0.25) is 0 Å². The van der Waals surface area contributed by atoms with Gasteiger partial charge in [0.1, 0.15) is 5.69 Å². The second-order valence-electron chi connectivity index (χ2n) is 4.10. The van der Waals surface area contributed by atoms with E-state index in [9.17, 15) is 20.2 Å². The third-order valence-electron chi connectivity index (χ3n) is 2.68. The van der Waals surface area contributed by atoms with E-state index in [1.165, 1.54) is 6.07 Å². The number of anilines is 1. The molecule has 0 saturated heterocycles. The molecule has 0 radical (unpaired) electrons. The van der Waals surface area contributed by atoms with Crippen LogP contribution < -0.4 is 5.43 Å². The van der Waals surface area contributed by atoms with Crippen LogP contribution >= 0.6 is 11.6 Å².